The summed E-state index contributed by atoms with van der Waals surface area (Å²) >= 11 is 5.87. The van der Waals surface area contributed by atoms with Crippen LogP contribution in [0.4, 0.5) is 5.69 Å². The molecule has 1 aliphatic heterocycles. The highest BCUT2D eigenvalue weighted by molar-refractivity contribution is 6.30. The molecule has 1 aliphatic rings. The van der Waals surface area contributed by atoms with E-state index in [-0.39, 0.29) is 11.8 Å². The number of likely N-dealkylation sites (N-methyl/N-ethyl adjacent to an activating group) is 1. The van der Waals surface area contributed by atoms with Crippen molar-refractivity contribution in [3.63, 3.8) is 0 Å². The molecule has 0 aliphatic carbocycles. The van der Waals surface area contributed by atoms with E-state index < -0.39 is 0 Å². The molecule has 22 heavy (non-hydrogen) atoms. The van der Waals surface area contributed by atoms with Crippen molar-refractivity contribution in [1.82, 2.24) is 9.80 Å². The highest BCUT2D eigenvalue weighted by Gasteiger charge is 2.20. The maximum atomic E-state index is 12.3. The van der Waals surface area contributed by atoms with Crippen LogP contribution in [0.25, 0.3) is 0 Å². The van der Waals surface area contributed by atoms with Crippen LogP contribution in [0.2, 0.25) is 5.02 Å². The van der Waals surface area contributed by atoms with Crippen molar-refractivity contribution in [2.75, 3.05) is 44.7 Å². The standard InChI is InChI=1S/C16H22ClN3O2/c1-13(21)20(15-5-3-14(17)4-6-15)8-7-16(22)19-11-9-18(2)10-12-19/h3-6H,7-12H2,1-2H3. The van der Waals surface area contributed by atoms with Gasteiger partial charge in [-0.3, -0.25) is 9.59 Å². The lowest BCUT2D eigenvalue weighted by Gasteiger charge is -2.33. The van der Waals surface area contributed by atoms with Gasteiger partial charge in [0, 0.05) is 56.8 Å². The first-order valence-electron chi connectivity index (χ1n) is 7.47. The van der Waals surface area contributed by atoms with Gasteiger partial charge in [0.1, 0.15) is 0 Å². The van der Waals surface area contributed by atoms with Gasteiger partial charge >= 0.3 is 0 Å². The molecule has 1 aromatic rings. The molecule has 1 fully saturated rings. The first-order valence-corrected chi connectivity index (χ1v) is 7.85. The fourth-order valence-electron chi connectivity index (χ4n) is 2.51. The molecular formula is C16H22ClN3O2. The van der Waals surface area contributed by atoms with Gasteiger partial charge in [0.25, 0.3) is 0 Å². The molecule has 0 N–H and O–H groups in total. The number of amides is 2. The molecule has 1 heterocycles. The van der Waals surface area contributed by atoms with Gasteiger partial charge in [0.2, 0.25) is 11.8 Å². The summed E-state index contributed by atoms with van der Waals surface area (Å²) in [5.74, 6) is 0.0295. The Kier molecular flexibility index (Phi) is 5.80. The Morgan fingerprint density at radius 2 is 1.73 bits per heavy atom. The Labute approximate surface area is 136 Å². The van der Waals surface area contributed by atoms with E-state index >= 15 is 0 Å². The summed E-state index contributed by atoms with van der Waals surface area (Å²) in [7, 11) is 2.06. The number of rotatable bonds is 4. The summed E-state index contributed by atoms with van der Waals surface area (Å²) in [6, 6.07) is 7.08. The summed E-state index contributed by atoms with van der Waals surface area (Å²) in [4.78, 5) is 29.8. The van der Waals surface area contributed by atoms with Gasteiger partial charge in [-0.05, 0) is 31.3 Å². The molecule has 120 valence electrons. The molecule has 0 spiro atoms. The van der Waals surface area contributed by atoms with E-state index in [2.05, 4.69) is 11.9 Å². The molecule has 2 rings (SSSR count). The predicted octanol–water partition coefficient (Wildman–Crippen LogP) is 1.86. The minimum Gasteiger partial charge on any atom is -0.340 e. The normalized spacial score (nSPS) is 15.7. The average Bonchev–Trinajstić information content (AvgIpc) is 2.49. The topological polar surface area (TPSA) is 43.9 Å². The molecule has 0 unspecified atom stereocenters. The van der Waals surface area contributed by atoms with Crippen molar-refractivity contribution < 1.29 is 9.59 Å². The second-order valence-corrected chi connectivity index (χ2v) is 6.02. The lowest BCUT2D eigenvalue weighted by atomic mass is 10.2. The Morgan fingerprint density at radius 1 is 1.14 bits per heavy atom. The third kappa shape index (κ3) is 4.45. The number of anilines is 1. The van der Waals surface area contributed by atoms with Crippen LogP contribution < -0.4 is 4.90 Å². The fraction of sp³-hybridized carbons (Fsp3) is 0.500. The van der Waals surface area contributed by atoms with Gasteiger partial charge < -0.3 is 14.7 Å². The maximum Gasteiger partial charge on any atom is 0.224 e. The largest absolute Gasteiger partial charge is 0.340 e. The zero-order valence-electron chi connectivity index (χ0n) is 13.1. The van der Waals surface area contributed by atoms with E-state index in [4.69, 9.17) is 11.6 Å². The molecule has 0 saturated carbocycles. The van der Waals surface area contributed by atoms with E-state index in [1.165, 1.54) is 6.92 Å². The number of piperazine rings is 1. The van der Waals surface area contributed by atoms with Crippen LogP contribution in [-0.2, 0) is 9.59 Å². The van der Waals surface area contributed by atoms with Gasteiger partial charge in [-0.1, -0.05) is 11.6 Å². The Morgan fingerprint density at radius 3 is 2.27 bits per heavy atom. The first kappa shape index (κ1) is 16.8. The van der Waals surface area contributed by atoms with Gasteiger partial charge in [-0.15, -0.1) is 0 Å². The third-order valence-corrected chi connectivity index (χ3v) is 4.18. The van der Waals surface area contributed by atoms with E-state index in [0.29, 0.717) is 18.0 Å². The van der Waals surface area contributed by atoms with Gasteiger partial charge in [0.05, 0.1) is 0 Å². The molecule has 1 aromatic carbocycles. The fourth-order valence-corrected chi connectivity index (χ4v) is 2.64. The molecular weight excluding hydrogens is 302 g/mol. The maximum absolute atomic E-state index is 12.3. The lowest BCUT2D eigenvalue weighted by molar-refractivity contribution is -0.132. The number of benzene rings is 1. The van der Waals surface area contributed by atoms with Crippen molar-refractivity contribution in [3.05, 3.63) is 29.3 Å². The molecule has 0 bridgehead atoms. The number of hydrogen-bond acceptors (Lipinski definition) is 3. The van der Waals surface area contributed by atoms with Crippen LogP contribution in [0.1, 0.15) is 13.3 Å². The molecule has 0 aromatic heterocycles. The summed E-state index contributed by atoms with van der Waals surface area (Å²) in [5.41, 5.74) is 0.767. The van der Waals surface area contributed by atoms with Crippen LogP contribution in [0.3, 0.4) is 0 Å². The summed E-state index contributed by atoms with van der Waals surface area (Å²) < 4.78 is 0. The zero-order chi connectivity index (χ0) is 16.1. The van der Waals surface area contributed by atoms with Crippen LogP contribution in [0.15, 0.2) is 24.3 Å². The number of halogens is 1. The number of carbonyl (C=O) groups excluding carboxylic acids is 2. The Hall–Kier alpha value is -1.59. The van der Waals surface area contributed by atoms with E-state index in [1.54, 1.807) is 29.2 Å². The number of hydrogen-bond donors (Lipinski definition) is 0. The van der Waals surface area contributed by atoms with Crippen molar-refractivity contribution in [2.24, 2.45) is 0 Å². The summed E-state index contributed by atoms with van der Waals surface area (Å²) in [6.45, 7) is 5.22. The monoisotopic (exact) mass is 323 g/mol. The van der Waals surface area contributed by atoms with Crippen molar-refractivity contribution >= 4 is 29.1 Å². The molecule has 6 heteroatoms. The highest BCUT2D eigenvalue weighted by Crippen LogP contribution is 2.18. The molecule has 0 atom stereocenters. The van der Waals surface area contributed by atoms with Gasteiger partial charge in [-0.2, -0.15) is 0 Å². The van der Waals surface area contributed by atoms with E-state index in [1.807, 2.05) is 4.90 Å². The molecule has 1 saturated heterocycles. The first-order chi connectivity index (χ1) is 10.5. The minimum absolute atomic E-state index is 0.0755. The summed E-state index contributed by atoms with van der Waals surface area (Å²) in [6.07, 6.45) is 0.339. The third-order valence-electron chi connectivity index (χ3n) is 3.92. The quantitative estimate of drug-likeness (QED) is 0.849. The zero-order valence-corrected chi connectivity index (χ0v) is 13.8. The van der Waals surface area contributed by atoms with Crippen LogP contribution in [0.5, 0.6) is 0 Å². The molecule has 2 amide bonds. The molecule has 5 nitrogen and oxygen atoms in total. The van der Waals surface area contributed by atoms with E-state index in [9.17, 15) is 9.59 Å². The summed E-state index contributed by atoms with van der Waals surface area (Å²) in [5, 5.41) is 0.626. The smallest absolute Gasteiger partial charge is 0.224 e. The number of carbonyl (C=O) groups is 2. The SMILES string of the molecule is CC(=O)N(CCC(=O)N1CCN(C)CC1)c1ccc(Cl)cc1. The molecule has 0 radical (unpaired) electrons. The van der Waals surface area contributed by atoms with E-state index in [0.717, 1.165) is 31.9 Å². The van der Waals surface area contributed by atoms with Crippen LogP contribution in [-0.4, -0.2) is 61.4 Å². The number of nitrogens with zero attached hydrogens (tertiary/aromatic N) is 3. The van der Waals surface area contributed by atoms with Crippen molar-refractivity contribution in [1.29, 1.82) is 0 Å². The minimum atomic E-state index is -0.0755. The second kappa shape index (κ2) is 7.61. The predicted molar refractivity (Wildman–Crippen MR) is 88.2 cm³/mol. The second-order valence-electron chi connectivity index (χ2n) is 5.58. The van der Waals surface area contributed by atoms with Crippen LogP contribution >= 0.6 is 11.6 Å². The Balaban J connectivity index is 1.93. The highest BCUT2D eigenvalue weighted by atomic mass is 35.5. The average molecular weight is 324 g/mol. The lowest BCUT2D eigenvalue weighted by Crippen LogP contribution is -2.47. The van der Waals surface area contributed by atoms with Crippen molar-refractivity contribution in [2.45, 2.75) is 13.3 Å². The van der Waals surface area contributed by atoms with Gasteiger partial charge in [-0.25, -0.2) is 0 Å². The van der Waals surface area contributed by atoms with Crippen molar-refractivity contribution in [3.8, 4) is 0 Å². The van der Waals surface area contributed by atoms with Gasteiger partial charge in [0.15, 0.2) is 0 Å². The Bertz CT molecular complexity index is 525. The van der Waals surface area contributed by atoms with Crippen LogP contribution in [0, 0.1) is 0 Å².